The largest absolute Gasteiger partial charge is 0.466 e. The van der Waals surface area contributed by atoms with Crippen molar-refractivity contribution < 1.29 is 8.83 Å². The molecule has 3 aromatic rings. The Morgan fingerprint density at radius 1 is 1.24 bits per heavy atom. The van der Waals surface area contributed by atoms with Crippen LogP contribution in [0.4, 0.5) is 5.69 Å². The minimum atomic E-state index is 0.475. The molecule has 0 aromatic carbocycles. The molecule has 0 spiro atoms. The predicted molar refractivity (Wildman–Crippen MR) is 79.7 cm³/mol. The lowest BCUT2D eigenvalue weighted by Gasteiger charge is -2.01. The lowest BCUT2D eigenvalue weighted by molar-refractivity contribution is 0.499. The van der Waals surface area contributed by atoms with Crippen molar-refractivity contribution in [1.29, 1.82) is 0 Å². The molecular weight excluding hydrogens is 288 g/mol. The van der Waals surface area contributed by atoms with Crippen molar-refractivity contribution in [2.45, 2.75) is 24.5 Å². The molecule has 21 heavy (non-hydrogen) atoms. The average Bonchev–Trinajstić information content (AvgIpc) is 3.04. The van der Waals surface area contributed by atoms with Crippen molar-refractivity contribution in [1.82, 2.24) is 15.2 Å². The second-order valence-corrected chi connectivity index (χ2v) is 5.55. The van der Waals surface area contributed by atoms with Gasteiger partial charge in [-0.2, -0.15) is 0 Å². The molecule has 0 saturated carbocycles. The molecule has 0 bridgehead atoms. The number of aromatic nitrogens is 3. The molecule has 2 N–H and O–H groups in total. The maximum atomic E-state index is 5.84. The molecule has 0 radical (unpaired) electrons. The fourth-order valence-electron chi connectivity index (χ4n) is 1.93. The smallest absolute Gasteiger partial charge is 0.251 e. The number of pyridine rings is 1. The molecule has 3 heterocycles. The van der Waals surface area contributed by atoms with Crippen LogP contribution in [0.2, 0.25) is 0 Å². The number of furan rings is 1. The van der Waals surface area contributed by atoms with Gasteiger partial charge in [-0.25, -0.2) is 0 Å². The van der Waals surface area contributed by atoms with E-state index in [1.165, 1.54) is 11.8 Å². The summed E-state index contributed by atoms with van der Waals surface area (Å²) >= 11 is 1.53. The zero-order chi connectivity index (χ0) is 14.8. The van der Waals surface area contributed by atoms with Gasteiger partial charge in [0.2, 0.25) is 5.89 Å². The highest BCUT2D eigenvalue weighted by atomic mass is 32.2. The summed E-state index contributed by atoms with van der Waals surface area (Å²) in [5.74, 6) is 3.17. The fraction of sp³-hybridized carbons (Fsp3) is 0.214. The number of aryl methyl sites for hydroxylation is 2. The Morgan fingerprint density at radius 3 is 2.81 bits per heavy atom. The van der Waals surface area contributed by atoms with Gasteiger partial charge in [0.15, 0.2) is 0 Å². The number of thioether (sulfide) groups is 1. The molecule has 0 unspecified atom stereocenters. The third-order valence-corrected chi connectivity index (χ3v) is 3.97. The summed E-state index contributed by atoms with van der Waals surface area (Å²) in [6.45, 7) is 3.76. The molecule has 3 aromatic heterocycles. The van der Waals surface area contributed by atoms with Crippen LogP contribution >= 0.6 is 11.8 Å². The zero-order valence-electron chi connectivity index (χ0n) is 11.7. The van der Waals surface area contributed by atoms with Gasteiger partial charge in [0.25, 0.3) is 5.89 Å². The summed E-state index contributed by atoms with van der Waals surface area (Å²) < 4.78 is 11.1. The van der Waals surface area contributed by atoms with Gasteiger partial charge in [0.05, 0.1) is 23.2 Å². The minimum Gasteiger partial charge on any atom is -0.466 e. The van der Waals surface area contributed by atoms with Crippen LogP contribution in [0.3, 0.4) is 0 Å². The van der Waals surface area contributed by atoms with Gasteiger partial charge in [-0.15, -0.1) is 22.0 Å². The topological polar surface area (TPSA) is 91.0 Å². The van der Waals surface area contributed by atoms with Crippen molar-refractivity contribution >= 4 is 17.4 Å². The summed E-state index contributed by atoms with van der Waals surface area (Å²) in [4.78, 5) is 4.90. The predicted octanol–water partition coefficient (Wildman–Crippen LogP) is 3.22. The number of rotatable bonds is 4. The first-order chi connectivity index (χ1) is 10.1. The van der Waals surface area contributed by atoms with E-state index in [0.29, 0.717) is 23.2 Å². The number of hydrogen-bond donors (Lipinski definition) is 1. The van der Waals surface area contributed by atoms with E-state index in [-0.39, 0.29) is 0 Å². The molecule has 0 atom stereocenters. The van der Waals surface area contributed by atoms with Gasteiger partial charge >= 0.3 is 0 Å². The second-order valence-electron chi connectivity index (χ2n) is 4.53. The quantitative estimate of drug-likeness (QED) is 0.740. The maximum absolute atomic E-state index is 5.84. The summed E-state index contributed by atoms with van der Waals surface area (Å²) in [5.41, 5.74) is 7.32. The van der Waals surface area contributed by atoms with Crippen molar-refractivity contribution in [2.75, 3.05) is 5.73 Å². The first-order valence-corrected chi connectivity index (χ1v) is 7.34. The molecule has 0 fully saturated rings. The van der Waals surface area contributed by atoms with E-state index in [2.05, 4.69) is 15.2 Å². The van der Waals surface area contributed by atoms with E-state index in [9.17, 15) is 0 Å². The number of nitrogen functional groups attached to an aromatic ring is 1. The summed E-state index contributed by atoms with van der Waals surface area (Å²) in [6.07, 6.45) is 3.33. The summed E-state index contributed by atoms with van der Waals surface area (Å²) in [5, 5.41) is 8.11. The summed E-state index contributed by atoms with van der Waals surface area (Å²) in [6, 6.07) is 3.75. The minimum absolute atomic E-state index is 0.475. The van der Waals surface area contributed by atoms with E-state index in [1.807, 2.05) is 26.0 Å². The van der Waals surface area contributed by atoms with Crippen LogP contribution in [-0.4, -0.2) is 15.2 Å². The van der Waals surface area contributed by atoms with Crippen LogP contribution in [0.15, 0.2) is 38.3 Å². The van der Waals surface area contributed by atoms with E-state index in [1.54, 1.807) is 12.4 Å². The highest BCUT2D eigenvalue weighted by Crippen LogP contribution is 2.29. The number of anilines is 1. The molecule has 0 aliphatic heterocycles. The lowest BCUT2D eigenvalue weighted by Crippen LogP contribution is -1.89. The Labute approximate surface area is 125 Å². The average molecular weight is 302 g/mol. The number of hydrogen-bond acceptors (Lipinski definition) is 7. The molecule has 0 aliphatic rings. The van der Waals surface area contributed by atoms with Gasteiger partial charge in [-0.3, -0.25) is 4.98 Å². The van der Waals surface area contributed by atoms with Crippen LogP contribution in [0.25, 0.3) is 11.5 Å². The Balaban J connectivity index is 1.74. The van der Waals surface area contributed by atoms with E-state index in [4.69, 9.17) is 14.6 Å². The van der Waals surface area contributed by atoms with Crippen LogP contribution < -0.4 is 5.73 Å². The Hall–Kier alpha value is -2.28. The summed E-state index contributed by atoms with van der Waals surface area (Å²) in [7, 11) is 0. The van der Waals surface area contributed by atoms with Crippen LogP contribution in [0.5, 0.6) is 0 Å². The molecule has 108 valence electrons. The zero-order valence-corrected chi connectivity index (χ0v) is 12.5. The number of nitrogens with two attached hydrogens (primary N) is 1. The molecule has 0 amide bonds. The van der Waals surface area contributed by atoms with Crippen molar-refractivity contribution in [3.05, 3.63) is 41.9 Å². The number of nitrogens with zero attached hydrogens (tertiary/aromatic N) is 3. The Kier molecular flexibility index (Phi) is 3.66. The van der Waals surface area contributed by atoms with Gasteiger partial charge < -0.3 is 14.6 Å². The normalized spacial score (nSPS) is 11.0. The fourth-order valence-corrected chi connectivity index (χ4v) is 2.70. The molecular formula is C14H14N4O2S. The monoisotopic (exact) mass is 302 g/mol. The molecule has 7 heteroatoms. The van der Waals surface area contributed by atoms with Gasteiger partial charge in [0, 0.05) is 11.1 Å². The van der Waals surface area contributed by atoms with Crippen molar-refractivity contribution in [3.8, 4) is 11.5 Å². The lowest BCUT2D eigenvalue weighted by atomic mass is 10.2. The van der Waals surface area contributed by atoms with Gasteiger partial charge in [-0.1, -0.05) is 0 Å². The first kappa shape index (κ1) is 13.7. The van der Waals surface area contributed by atoms with Crippen molar-refractivity contribution in [2.24, 2.45) is 0 Å². The third kappa shape index (κ3) is 2.92. The van der Waals surface area contributed by atoms with Crippen molar-refractivity contribution in [3.63, 3.8) is 0 Å². The van der Waals surface area contributed by atoms with Gasteiger partial charge in [0.1, 0.15) is 11.5 Å². The van der Waals surface area contributed by atoms with E-state index < -0.39 is 0 Å². The van der Waals surface area contributed by atoms with E-state index >= 15 is 0 Å². The first-order valence-electron chi connectivity index (χ1n) is 6.35. The highest BCUT2D eigenvalue weighted by molar-refractivity contribution is 7.98. The molecule has 0 saturated heterocycles. The van der Waals surface area contributed by atoms with Crippen LogP contribution in [0.1, 0.15) is 17.4 Å². The third-order valence-electron chi connectivity index (χ3n) is 2.90. The Morgan fingerprint density at radius 2 is 2.10 bits per heavy atom. The maximum Gasteiger partial charge on any atom is 0.251 e. The Bertz CT molecular complexity index is 766. The highest BCUT2D eigenvalue weighted by Gasteiger charge is 2.14. The second kappa shape index (κ2) is 5.61. The molecule has 6 nitrogen and oxygen atoms in total. The molecule has 0 aliphatic carbocycles. The van der Waals surface area contributed by atoms with Gasteiger partial charge in [-0.05, 0) is 26.0 Å². The van der Waals surface area contributed by atoms with E-state index in [0.717, 1.165) is 22.0 Å². The van der Waals surface area contributed by atoms with Crippen LogP contribution in [-0.2, 0) is 5.75 Å². The molecule has 3 rings (SSSR count). The van der Waals surface area contributed by atoms with Crippen LogP contribution in [0, 0.1) is 13.8 Å². The standard InChI is InChI=1S/C14H14N4O2S/c1-8-5-10(9(2)19-8)14-18-17-13(20-14)7-21-12-3-4-16-6-11(12)15/h3-6H,7,15H2,1-2H3. The SMILES string of the molecule is Cc1cc(-c2nnc(CSc3ccncc3N)o2)c(C)o1.